The summed E-state index contributed by atoms with van der Waals surface area (Å²) in [6, 6.07) is 25.8. The third-order valence-electron chi connectivity index (χ3n) is 7.74. The van der Waals surface area contributed by atoms with Crippen LogP contribution in [0.5, 0.6) is 11.5 Å². The number of halogens is 2. The number of hydrogen-bond acceptors (Lipinski definition) is 6. The highest BCUT2D eigenvalue weighted by Gasteiger charge is 2.35. The predicted molar refractivity (Wildman–Crippen MR) is 187 cm³/mol. The first-order valence-electron chi connectivity index (χ1n) is 15.6. The molecule has 2 amide bonds. The minimum Gasteiger partial charge on any atom is -0.486 e. The highest BCUT2D eigenvalue weighted by Crippen LogP contribution is 2.36. The molecule has 1 unspecified atom stereocenters. The van der Waals surface area contributed by atoms with Gasteiger partial charge in [0.15, 0.2) is 11.5 Å². The number of carbonyl (C=O) groups is 2. The molecule has 1 aliphatic rings. The molecule has 12 heteroatoms. The van der Waals surface area contributed by atoms with Crippen LogP contribution < -0.4 is 19.1 Å². The minimum absolute atomic E-state index is 0.00417. The van der Waals surface area contributed by atoms with Crippen molar-refractivity contribution in [1.82, 2.24) is 10.2 Å². The Bertz CT molecular complexity index is 1840. The fraction of sp³-hybridized carbons (Fsp3) is 0.278. The monoisotopic (exact) mass is 709 g/mol. The van der Waals surface area contributed by atoms with Gasteiger partial charge in [-0.15, -0.1) is 0 Å². The number of sulfonamides is 1. The smallest absolute Gasteiger partial charge is 0.264 e. The Morgan fingerprint density at radius 3 is 2.19 bits per heavy atom. The molecule has 0 bridgehead atoms. The summed E-state index contributed by atoms with van der Waals surface area (Å²) in [6.07, 6.45) is 0.178. The van der Waals surface area contributed by atoms with Crippen LogP contribution in [0.2, 0.25) is 10.0 Å². The number of hydrogen-bond donors (Lipinski definition) is 1. The molecule has 9 nitrogen and oxygen atoms in total. The van der Waals surface area contributed by atoms with Crippen LogP contribution in [0, 0.1) is 5.92 Å². The predicted octanol–water partition coefficient (Wildman–Crippen LogP) is 6.37. The third kappa shape index (κ3) is 8.61. The molecule has 0 fully saturated rings. The number of ether oxygens (including phenoxy) is 2. The molecular formula is C36H37Cl2N3O6S. The van der Waals surface area contributed by atoms with Gasteiger partial charge < -0.3 is 19.7 Å². The molecule has 0 saturated carbocycles. The number of anilines is 1. The maximum absolute atomic E-state index is 14.7. The van der Waals surface area contributed by atoms with Crippen LogP contribution in [0.1, 0.15) is 25.0 Å². The van der Waals surface area contributed by atoms with Crippen molar-refractivity contribution in [3.63, 3.8) is 0 Å². The zero-order chi connectivity index (χ0) is 34.3. The van der Waals surface area contributed by atoms with Crippen molar-refractivity contribution < 1.29 is 27.5 Å². The molecule has 1 aliphatic heterocycles. The average molecular weight is 711 g/mol. The van der Waals surface area contributed by atoms with Crippen LogP contribution in [-0.4, -0.2) is 57.5 Å². The Balaban J connectivity index is 1.59. The number of rotatable bonds is 13. The molecule has 5 rings (SSSR count). The zero-order valence-corrected chi connectivity index (χ0v) is 29.0. The Hall–Kier alpha value is -4.25. The summed E-state index contributed by atoms with van der Waals surface area (Å²) >= 11 is 12.8. The van der Waals surface area contributed by atoms with Crippen molar-refractivity contribution in [1.29, 1.82) is 0 Å². The summed E-state index contributed by atoms with van der Waals surface area (Å²) in [6.45, 7) is 4.29. The quantitative estimate of drug-likeness (QED) is 0.173. The van der Waals surface area contributed by atoms with Gasteiger partial charge in [0, 0.05) is 35.6 Å². The molecule has 1 N–H and O–H groups in total. The van der Waals surface area contributed by atoms with Crippen molar-refractivity contribution >= 4 is 50.7 Å². The minimum atomic E-state index is -4.28. The Labute approximate surface area is 291 Å². The number of amides is 2. The van der Waals surface area contributed by atoms with Gasteiger partial charge in [-0.2, -0.15) is 0 Å². The maximum atomic E-state index is 14.7. The Morgan fingerprint density at radius 1 is 0.854 bits per heavy atom. The van der Waals surface area contributed by atoms with Gasteiger partial charge in [-0.05, 0) is 53.4 Å². The van der Waals surface area contributed by atoms with E-state index < -0.39 is 28.5 Å². The summed E-state index contributed by atoms with van der Waals surface area (Å²) in [4.78, 5) is 30.0. The highest BCUT2D eigenvalue weighted by molar-refractivity contribution is 7.92. The van der Waals surface area contributed by atoms with Gasteiger partial charge in [-0.3, -0.25) is 13.9 Å². The second-order valence-electron chi connectivity index (χ2n) is 11.8. The number of fused-ring (bicyclic) bond motifs is 1. The summed E-state index contributed by atoms with van der Waals surface area (Å²) in [5, 5.41) is 3.69. The molecule has 4 aromatic carbocycles. The molecule has 252 valence electrons. The lowest BCUT2D eigenvalue weighted by atomic mass is 10.0. The van der Waals surface area contributed by atoms with Crippen molar-refractivity contribution in [2.24, 2.45) is 5.92 Å². The average Bonchev–Trinajstić information content (AvgIpc) is 3.09. The summed E-state index contributed by atoms with van der Waals surface area (Å²) in [7, 11) is -4.28. The fourth-order valence-electron chi connectivity index (χ4n) is 5.25. The molecule has 0 aromatic heterocycles. The van der Waals surface area contributed by atoms with E-state index in [9.17, 15) is 18.0 Å². The number of carbonyl (C=O) groups excluding carboxylic acids is 2. The molecule has 0 aliphatic carbocycles. The Morgan fingerprint density at radius 2 is 1.52 bits per heavy atom. The molecular weight excluding hydrogens is 673 g/mol. The van der Waals surface area contributed by atoms with Crippen LogP contribution in [0.3, 0.4) is 0 Å². The van der Waals surface area contributed by atoms with E-state index in [4.69, 9.17) is 32.7 Å². The SMILES string of the molecule is CC(C)CNC(=O)C(Cc1ccccc1)N(Cc1ccc(Cl)cc1Cl)C(=O)CN(c1ccc2c(c1)OCCO2)S(=O)(=O)c1ccccc1. The van der Waals surface area contributed by atoms with Gasteiger partial charge in [-0.1, -0.05) is 91.6 Å². The van der Waals surface area contributed by atoms with Gasteiger partial charge >= 0.3 is 0 Å². The van der Waals surface area contributed by atoms with E-state index >= 15 is 0 Å². The summed E-state index contributed by atoms with van der Waals surface area (Å²) in [5.74, 6) is -0.00172. The second-order valence-corrected chi connectivity index (χ2v) is 14.5. The molecule has 4 aromatic rings. The van der Waals surface area contributed by atoms with Crippen molar-refractivity contribution in [2.45, 2.75) is 37.8 Å². The van der Waals surface area contributed by atoms with E-state index in [2.05, 4.69) is 5.32 Å². The summed E-state index contributed by atoms with van der Waals surface area (Å²) < 4.78 is 40.9. The molecule has 1 heterocycles. The molecule has 0 saturated heterocycles. The van der Waals surface area contributed by atoms with Gasteiger partial charge in [0.25, 0.3) is 10.0 Å². The van der Waals surface area contributed by atoms with E-state index in [0.29, 0.717) is 46.9 Å². The lowest BCUT2D eigenvalue weighted by molar-refractivity contribution is -0.140. The molecule has 0 radical (unpaired) electrons. The van der Waals surface area contributed by atoms with E-state index in [0.717, 1.165) is 9.87 Å². The molecule has 48 heavy (non-hydrogen) atoms. The van der Waals surface area contributed by atoms with Crippen molar-refractivity contribution in [2.75, 3.05) is 30.6 Å². The first-order valence-corrected chi connectivity index (χ1v) is 17.7. The van der Waals surface area contributed by atoms with Gasteiger partial charge in [-0.25, -0.2) is 8.42 Å². The molecule has 1 atom stereocenters. The third-order valence-corrected chi connectivity index (χ3v) is 10.1. The van der Waals surface area contributed by atoms with Gasteiger partial charge in [0.05, 0.1) is 10.6 Å². The van der Waals surface area contributed by atoms with E-state index in [-0.39, 0.29) is 35.4 Å². The van der Waals surface area contributed by atoms with Crippen LogP contribution in [0.15, 0.2) is 102 Å². The number of benzene rings is 4. The largest absolute Gasteiger partial charge is 0.486 e. The first-order chi connectivity index (χ1) is 23.0. The fourth-order valence-corrected chi connectivity index (χ4v) is 7.14. The maximum Gasteiger partial charge on any atom is 0.264 e. The summed E-state index contributed by atoms with van der Waals surface area (Å²) in [5.41, 5.74) is 1.56. The zero-order valence-electron chi connectivity index (χ0n) is 26.6. The van der Waals surface area contributed by atoms with E-state index in [1.807, 2.05) is 44.2 Å². The standard InChI is InChI=1S/C36H37Cl2N3O6S/c1-25(2)22-39-36(43)32(19-26-9-5-3-6-10-26)40(23-27-13-14-28(37)20-31(27)38)35(42)24-41(48(44,45)30-11-7-4-8-12-30)29-15-16-33-34(21-29)47-18-17-46-33/h3-16,20-21,25,32H,17-19,22-24H2,1-2H3,(H,39,43). The first kappa shape index (κ1) is 35.1. The lowest BCUT2D eigenvalue weighted by Gasteiger charge is -2.34. The van der Waals surface area contributed by atoms with Gasteiger partial charge in [0.1, 0.15) is 25.8 Å². The van der Waals surface area contributed by atoms with Crippen LogP contribution >= 0.6 is 23.2 Å². The highest BCUT2D eigenvalue weighted by atomic mass is 35.5. The molecule has 0 spiro atoms. The number of nitrogens with one attached hydrogen (secondary N) is 1. The number of nitrogens with zero attached hydrogens (tertiary/aromatic N) is 2. The van der Waals surface area contributed by atoms with Crippen molar-refractivity contribution in [3.05, 3.63) is 118 Å². The van der Waals surface area contributed by atoms with Crippen LogP contribution in [0.25, 0.3) is 0 Å². The topological polar surface area (TPSA) is 105 Å². The van der Waals surface area contributed by atoms with E-state index in [1.54, 1.807) is 54.6 Å². The Kier molecular flexibility index (Phi) is 11.5. The second kappa shape index (κ2) is 15.8. The normalized spacial score (nSPS) is 13.1. The van der Waals surface area contributed by atoms with Crippen LogP contribution in [0.4, 0.5) is 5.69 Å². The van der Waals surface area contributed by atoms with Crippen molar-refractivity contribution in [3.8, 4) is 11.5 Å². The van der Waals surface area contributed by atoms with E-state index in [1.165, 1.54) is 17.0 Å². The van der Waals surface area contributed by atoms with Gasteiger partial charge in [0.2, 0.25) is 11.8 Å². The lowest BCUT2D eigenvalue weighted by Crippen LogP contribution is -2.53. The van der Waals surface area contributed by atoms with Crippen LogP contribution in [-0.2, 0) is 32.6 Å².